The SMILES string of the molecule is C[C@]12Cc3cnn(-c4ccc(F)cc4)c3C=C1CCC1C2=CC[C@@H](C(F)(F)F)[C@@H]1c1ncc(-c2ccccc2)s1. The summed E-state index contributed by atoms with van der Waals surface area (Å²) < 4.78 is 58.8. The molecule has 3 aliphatic rings. The van der Waals surface area contributed by atoms with Crippen molar-refractivity contribution >= 4 is 17.4 Å². The van der Waals surface area contributed by atoms with Crippen LogP contribution in [0, 0.1) is 23.1 Å². The number of alkyl halides is 3. The molecule has 0 saturated heterocycles. The highest BCUT2D eigenvalue weighted by molar-refractivity contribution is 7.15. The number of allylic oxidation sites excluding steroid dienone is 3. The summed E-state index contributed by atoms with van der Waals surface area (Å²) in [6.45, 7) is 2.18. The third-order valence-electron chi connectivity index (χ3n) is 9.03. The van der Waals surface area contributed by atoms with Gasteiger partial charge in [0.05, 0.1) is 33.4 Å². The van der Waals surface area contributed by atoms with Crippen molar-refractivity contribution in [1.29, 1.82) is 0 Å². The number of benzene rings is 2. The number of hydrogen-bond acceptors (Lipinski definition) is 3. The zero-order chi connectivity index (χ0) is 27.6. The van der Waals surface area contributed by atoms with Gasteiger partial charge in [0, 0.05) is 17.5 Å². The molecular formula is C32H27F4N3S. The van der Waals surface area contributed by atoms with Crippen LogP contribution < -0.4 is 0 Å². The molecule has 0 spiro atoms. The maximum absolute atomic E-state index is 14.5. The van der Waals surface area contributed by atoms with Crippen LogP contribution in [0.1, 0.15) is 48.4 Å². The quantitative estimate of drug-likeness (QED) is 0.185. The van der Waals surface area contributed by atoms with E-state index in [9.17, 15) is 17.6 Å². The van der Waals surface area contributed by atoms with Gasteiger partial charge in [-0.2, -0.15) is 18.3 Å². The van der Waals surface area contributed by atoms with Crippen molar-refractivity contribution in [1.82, 2.24) is 14.8 Å². The topological polar surface area (TPSA) is 30.7 Å². The number of rotatable bonds is 3. The van der Waals surface area contributed by atoms with Crippen molar-refractivity contribution < 1.29 is 17.6 Å². The number of hydrogen-bond donors (Lipinski definition) is 0. The van der Waals surface area contributed by atoms with E-state index >= 15 is 0 Å². The van der Waals surface area contributed by atoms with E-state index in [1.165, 1.54) is 29.0 Å². The van der Waals surface area contributed by atoms with Crippen LogP contribution in [0.4, 0.5) is 17.6 Å². The number of fused-ring (bicyclic) bond motifs is 4. The van der Waals surface area contributed by atoms with Crippen molar-refractivity contribution in [3.8, 4) is 16.1 Å². The van der Waals surface area contributed by atoms with Crippen LogP contribution >= 0.6 is 11.3 Å². The lowest BCUT2D eigenvalue weighted by atomic mass is 9.54. The molecule has 1 saturated carbocycles. The highest BCUT2D eigenvalue weighted by atomic mass is 32.1. The average Bonchev–Trinajstić information content (AvgIpc) is 3.59. The van der Waals surface area contributed by atoms with Crippen LogP contribution in [-0.2, 0) is 6.42 Å². The van der Waals surface area contributed by atoms with Gasteiger partial charge in [0.15, 0.2) is 0 Å². The van der Waals surface area contributed by atoms with Gasteiger partial charge < -0.3 is 0 Å². The van der Waals surface area contributed by atoms with Gasteiger partial charge in [-0.3, -0.25) is 0 Å². The fourth-order valence-electron chi connectivity index (χ4n) is 7.09. The van der Waals surface area contributed by atoms with Crippen LogP contribution in [-0.4, -0.2) is 20.9 Å². The molecule has 1 unspecified atom stereocenters. The lowest BCUT2D eigenvalue weighted by Crippen LogP contribution is -2.44. The Bertz CT molecular complexity index is 1630. The van der Waals surface area contributed by atoms with E-state index in [4.69, 9.17) is 0 Å². The van der Waals surface area contributed by atoms with Gasteiger partial charge in [-0.1, -0.05) is 54.5 Å². The fraction of sp³-hybridized carbons (Fsp3) is 0.312. The first-order valence-corrected chi connectivity index (χ1v) is 14.4. The Labute approximate surface area is 233 Å². The second-order valence-corrected chi connectivity index (χ2v) is 12.3. The van der Waals surface area contributed by atoms with Crippen LogP contribution in [0.3, 0.4) is 0 Å². The Morgan fingerprint density at radius 1 is 1.02 bits per heavy atom. The molecule has 8 heteroatoms. The zero-order valence-electron chi connectivity index (χ0n) is 21.8. The second kappa shape index (κ2) is 9.26. The molecule has 4 atom stereocenters. The first-order chi connectivity index (χ1) is 19.2. The molecule has 0 bridgehead atoms. The van der Waals surface area contributed by atoms with E-state index in [2.05, 4.69) is 23.1 Å². The largest absolute Gasteiger partial charge is 0.392 e. The Balaban J connectivity index is 1.27. The number of halogens is 4. The molecule has 204 valence electrons. The van der Waals surface area contributed by atoms with Gasteiger partial charge in [0.2, 0.25) is 0 Å². The molecule has 2 aromatic heterocycles. The van der Waals surface area contributed by atoms with Gasteiger partial charge in [0.25, 0.3) is 0 Å². The van der Waals surface area contributed by atoms with E-state index in [1.54, 1.807) is 18.3 Å². The molecule has 2 heterocycles. The zero-order valence-corrected chi connectivity index (χ0v) is 22.6. The van der Waals surface area contributed by atoms with Crippen LogP contribution in [0.2, 0.25) is 0 Å². The average molecular weight is 562 g/mol. The Kier molecular flexibility index (Phi) is 5.89. The van der Waals surface area contributed by atoms with Gasteiger partial charge in [0.1, 0.15) is 5.82 Å². The summed E-state index contributed by atoms with van der Waals surface area (Å²) in [5.41, 5.74) is 5.71. The Morgan fingerprint density at radius 3 is 2.55 bits per heavy atom. The van der Waals surface area contributed by atoms with E-state index in [0.29, 0.717) is 24.3 Å². The molecule has 0 N–H and O–H groups in total. The molecule has 3 nitrogen and oxygen atoms in total. The molecule has 4 aromatic rings. The lowest BCUT2D eigenvalue weighted by molar-refractivity contribution is -0.185. The number of thiazole rings is 1. The molecule has 7 rings (SSSR count). The summed E-state index contributed by atoms with van der Waals surface area (Å²) in [6, 6.07) is 16.0. The van der Waals surface area contributed by atoms with Crippen LogP contribution in [0.25, 0.3) is 22.2 Å². The highest BCUT2D eigenvalue weighted by Gasteiger charge is 2.55. The number of nitrogens with zero attached hydrogens (tertiary/aromatic N) is 3. The minimum absolute atomic E-state index is 0.0369. The molecular weight excluding hydrogens is 534 g/mol. The van der Waals surface area contributed by atoms with Gasteiger partial charge in [-0.15, -0.1) is 11.3 Å². The molecule has 40 heavy (non-hydrogen) atoms. The highest BCUT2D eigenvalue weighted by Crippen LogP contribution is 2.61. The first-order valence-electron chi connectivity index (χ1n) is 13.5. The summed E-state index contributed by atoms with van der Waals surface area (Å²) in [7, 11) is 0. The van der Waals surface area contributed by atoms with E-state index in [1.807, 2.05) is 47.3 Å². The standard InChI is InChI=1S/C32H27F4N3S/c1-31-16-20-17-38-39(23-10-8-22(33)9-11-23)27(20)15-21(31)7-12-24-25(31)13-14-26(32(34,35)36)29(24)30-37-18-28(40-30)19-5-3-2-4-6-19/h2-6,8-11,13,15,17-18,24,26,29H,7,12,14,16H2,1H3/t24?,26-,29-,31+/m1/s1. The summed E-state index contributed by atoms with van der Waals surface area (Å²) in [5.74, 6) is -2.69. The third-order valence-corrected chi connectivity index (χ3v) is 10.2. The Morgan fingerprint density at radius 2 is 1.80 bits per heavy atom. The predicted molar refractivity (Wildman–Crippen MR) is 149 cm³/mol. The van der Waals surface area contributed by atoms with Crippen LogP contribution in [0.15, 0.2) is 84.2 Å². The predicted octanol–water partition coefficient (Wildman–Crippen LogP) is 8.78. The number of aromatic nitrogens is 3. The maximum Gasteiger partial charge on any atom is 0.392 e. The third kappa shape index (κ3) is 4.07. The Hall–Kier alpha value is -3.52. The summed E-state index contributed by atoms with van der Waals surface area (Å²) >= 11 is 1.39. The molecule has 3 aliphatic carbocycles. The summed E-state index contributed by atoms with van der Waals surface area (Å²) in [5, 5.41) is 5.18. The molecule has 0 radical (unpaired) electrons. The lowest BCUT2D eigenvalue weighted by Gasteiger charge is -2.51. The molecule has 0 aliphatic heterocycles. The van der Waals surface area contributed by atoms with Crippen molar-refractivity contribution in [2.45, 2.75) is 44.7 Å². The summed E-state index contributed by atoms with van der Waals surface area (Å²) in [6.07, 6.45) is 5.30. The van der Waals surface area contributed by atoms with E-state index in [0.717, 1.165) is 33.0 Å². The smallest absolute Gasteiger partial charge is 0.249 e. The maximum atomic E-state index is 14.5. The van der Waals surface area contributed by atoms with E-state index in [-0.39, 0.29) is 23.6 Å². The molecule has 2 aromatic carbocycles. The minimum Gasteiger partial charge on any atom is -0.249 e. The minimum atomic E-state index is -4.31. The van der Waals surface area contributed by atoms with Crippen LogP contribution in [0.5, 0.6) is 0 Å². The monoisotopic (exact) mass is 561 g/mol. The first kappa shape index (κ1) is 25.4. The van der Waals surface area contributed by atoms with Crippen molar-refractivity contribution in [2.75, 3.05) is 0 Å². The summed E-state index contributed by atoms with van der Waals surface area (Å²) in [4.78, 5) is 5.51. The second-order valence-electron chi connectivity index (χ2n) is 11.3. The van der Waals surface area contributed by atoms with Gasteiger partial charge in [-0.25, -0.2) is 14.1 Å². The van der Waals surface area contributed by atoms with Crippen molar-refractivity contribution in [2.24, 2.45) is 17.3 Å². The van der Waals surface area contributed by atoms with Crippen molar-refractivity contribution in [3.63, 3.8) is 0 Å². The molecule has 1 fully saturated rings. The fourth-order valence-corrected chi connectivity index (χ4v) is 8.24. The van der Waals surface area contributed by atoms with Gasteiger partial charge in [-0.05, 0) is 73.1 Å². The van der Waals surface area contributed by atoms with Gasteiger partial charge >= 0.3 is 6.18 Å². The van der Waals surface area contributed by atoms with Crippen molar-refractivity contribution in [3.05, 3.63) is 106 Å². The van der Waals surface area contributed by atoms with E-state index < -0.39 is 18.0 Å². The molecule has 0 amide bonds. The normalized spacial score (nSPS) is 25.9.